The Kier molecular flexibility index (Phi) is 4.02. The standard InChI is InChI=1S/C13H23N3S/c1-4-7-11-15-12(17-16-11)14-10-8-5-6-9-13(10,2)3/h10H,4-9H2,1-3H3,(H,14,15,16). The van der Waals surface area contributed by atoms with E-state index >= 15 is 0 Å². The van der Waals surface area contributed by atoms with Gasteiger partial charge in [-0.2, -0.15) is 4.37 Å². The first-order valence-electron chi connectivity index (χ1n) is 6.71. The molecule has 1 aliphatic rings. The first-order chi connectivity index (χ1) is 8.12. The minimum absolute atomic E-state index is 0.384. The van der Waals surface area contributed by atoms with Crippen LogP contribution in [0.15, 0.2) is 0 Å². The van der Waals surface area contributed by atoms with Crippen molar-refractivity contribution >= 4 is 16.7 Å². The number of rotatable bonds is 4. The molecule has 1 heterocycles. The Morgan fingerprint density at radius 1 is 1.41 bits per heavy atom. The molecule has 0 saturated heterocycles. The van der Waals surface area contributed by atoms with Gasteiger partial charge in [0.2, 0.25) is 5.13 Å². The molecule has 1 saturated carbocycles. The molecule has 1 unspecified atom stereocenters. The summed E-state index contributed by atoms with van der Waals surface area (Å²) in [5.74, 6) is 0.994. The average Bonchev–Trinajstić information content (AvgIpc) is 2.70. The fraction of sp³-hybridized carbons (Fsp3) is 0.846. The number of aryl methyl sites for hydroxylation is 1. The zero-order chi connectivity index (χ0) is 12.3. The molecule has 1 N–H and O–H groups in total. The van der Waals surface area contributed by atoms with Crippen molar-refractivity contribution in [1.29, 1.82) is 0 Å². The minimum atomic E-state index is 0.384. The molecule has 2 rings (SSSR count). The van der Waals surface area contributed by atoms with Crippen LogP contribution < -0.4 is 5.32 Å². The normalized spacial score (nSPS) is 23.6. The molecule has 0 radical (unpaired) electrons. The van der Waals surface area contributed by atoms with Crippen LogP contribution in [0.4, 0.5) is 5.13 Å². The van der Waals surface area contributed by atoms with Gasteiger partial charge in [-0.15, -0.1) is 0 Å². The Morgan fingerprint density at radius 2 is 2.24 bits per heavy atom. The minimum Gasteiger partial charge on any atom is -0.357 e. The van der Waals surface area contributed by atoms with Crippen LogP contribution in [0.5, 0.6) is 0 Å². The van der Waals surface area contributed by atoms with Gasteiger partial charge in [-0.05, 0) is 24.7 Å². The summed E-state index contributed by atoms with van der Waals surface area (Å²) < 4.78 is 4.39. The van der Waals surface area contributed by atoms with Gasteiger partial charge in [0.05, 0.1) is 0 Å². The van der Waals surface area contributed by atoms with Crippen LogP contribution in [-0.4, -0.2) is 15.4 Å². The summed E-state index contributed by atoms with van der Waals surface area (Å²) in [5.41, 5.74) is 0.384. The lowest BCUT2D eigenvalue weighted by Gasteiger charge is -2.38. The van der Waals surface area contributed by atoms with Crippen molar-refractivity contribution in [2.24, 2.45) is 5.41 Å². The third-order valence-corrected chi connectivity index (χ3v) is 4.43. The molecule has 0 aliphatic heterocycles. The van der Waals surface area contributed by atoms with Crippen molar-refractivity contribution in [3.05, 3.63) is 5.82 Å². The van der Waals surface area contributed by atoms with Crippen molar-refractivity contribution in [3.63, 3.8) is 0 Å². The largest absolute Gasteiger partial charge is 0.357 e. The van der Waals surface area contributed by atoms with Crippen LogP contribution >= 0.6 is 11.5 Å². The SMILES string of the molecule is CCCc1nsc(NC2CCCCC2(C)C)n1. The van der Waals surface area contributed by atoms with Crippen molar-refractivity contribution in [2.75, 3.05) is 5.32 Å². The highest BCUT2D eigenvalue weighted by molar-refractivity contribution is 7.09. The Labute approximate surface area is 108 Å². The summed E-state index contributed by atoms with van der Waals surface area (Å²) >= 11 is 1.51. The second kappa shape index (κ2) is 5.34. The summed E-state index contributed by atoms with van der Waals surface area (Å²) in [6, 6.07) is 0.554. The highest BCUT2D eigenvalue weighted by Gasteiger charge is 2.32. The molecule has 3 nitrogen and oxygen atoms in total. The summed E-state index contributed by atoms with van der Waals surface area (Å²) in [4.78, 5) is 4.56. The molecule has 0 amide bonds. The Hall–Kier alpha value is -0.640. The van der Waals surface area contributed by atoms with Gasteiger partial charge in [0, 0.05) is 24.0 Å². The molecule has 96 valence electrons. The molecule has 0 bridgehead atoms. The molecule has 1 aromatic rings. The molecule has 1 atom stereocenters. The highest BCUT2D eigenvalue weighted by Crippen LogP contribution is 2.37. The molecule has 17 heavy (non-hydrogen) atoms. The van der Waals surface area contributed by atoms with Gasteiger partial charge in [0.1, 0.15) is 5.82 Å². The van der Waals surface area contributed by atoms with Crippen LogP contribution in [0, 0.1) is 5.41 Å². The van der Waals surface area contributed by atoms with E-state index in [1.807, 2.05) is 0 Å². The quantitative estimate of drug-likeness (QED) is 0.885. The summed E-state index contributed by atoms with van der Waals surface area (Å²) in [7, 11) is 0. The Balaban J connectivity index is 1.98. The van der Waals surface area contributed by atoms with Crippen molar-refractivity contribution < 1.29 is 0 Å². The van der Waals surface area contributed by atoms with Crippen molar-refractivity contribution in [1.82, 2.24) is 9.36 Å². The Bertz CT molecular complexity index is 359. The maximum absolute atomic E-state index is 4.56. The summed E-state index contributed by atoms with van der Waals surface area (Å²) in [6.07, 6.45) is 7.38. The number of aromatic nitrogens is 2. The van der Waals surface area contributed by atoms with E-state index in [1.54, 1.807) is 0 Å². The van der Waals surface area contributed by atoms with E-state index in [4.69, 9.17) is 0 Å². The average molecular weight is 253 g/mol. The Morgan fingerprint density at radius 3 is 2.94 bits per heavy atom. The number of nitrogens with one attached hydrogen (secondary N) is 1. The molecule has 1 aromatic heterocycles. The van der Waals surface area contributed by atoms with Crippen LogP contribution in [-0.2, 0) is 6.42 Å². The van der Waals surface area contributed by atoms with Crippen molar-refractivity contribution in [2.45, 2.75) is 65.3 Å². The predicted molar refractivity (Wildman–Crippen MR) is 73.6 cm³/mol. The smallest absolute Gasteiger partial charge is 0.202 e. The number of nitrogens with zero attached hydrogens (tertiary/aromatic N) is 2. The lowest BCUT2D eigenvalue weighted by Crippen LogP contribution is -2.38. The topological polar surface area (TPSA) is 37.8 Å². The van der Waals surface area contributed by atoms with E-state index in [-0.39, 0.29) is 0 Å². The molecular formula is C13H23N3S. The van der Waals surface area contributed by atoms with E-state index < -0.39 is 0 Å². The fourth-order valence-electron chi connectivity index (χ4n) is 2.55. The third-order valence-electron chi connectivity index (χ3n) is 3.75. The predicted octanol–water partition coefficient (Wildman–Crippen LogP) is 3.87. The molecule has 4 heteroatoms. The van der Waals surface area contributed by atoms with Crippen molar-refractivity contribution in [3.8, 4) is 0 Å². The van der Waals surface area contributed by atoms with Crippen LogP contribution in [0.1, 0.15) is 58.7 Å². The lowest BCUT2D eigenvalue weighted by atomic mass is 9.73. The van der Waals surface area contributed by atoms with Gasteiger partial charge in [-0.25, -0.2) is 4.98 Å². The van der Waals surface area contributed by atoms with E-state index in [1.165, 1.54) is 37.2 Å². The molecule has 0 spiro atoms. The zero-order valence-corrected chi connectivity index (χ0v) is 11.9. The zero-order valence-electron chi connectivity index (χ0n) is 11.1. The monoisotopic (exact) mass is 253 g/mol. The van der Waals surface area contributed by atoms with Gasteiger partial charge < -0.3 is 5.32 Å². The lowest BCUT2D eigenvalue weighted by molar-refractivity contribution is 0.217. The maximum atomic E-state index is 4.56. The number of hydrogen-bond acceptors (Lipinski definition) is 4. The first kappa shape index (κ1) is 12.8. The number of hydrogen-bond donors (Lipinski definition) is 1. The first-order valence-corrected chi connectivity index (χ1v) is 7.48. The van der Waals surface area contributed by atoms with Crippen LogP contribution in [0.3, 0.4) is 0 Å². The molecule has 0 aromatic carbocycles. The van der Waals surface area contributed by atoms with E-state index in [0.29, 0.717) is 11.5 Å². The van der Waals surface area contributed by atoms with Crippen LogP contribution in [0.2, 0.25) is 0 Å². The second-order valence-corrected chi connectivity index (χ2v) is 6.45. The van der Waals surface area contributed by atoms with Gasteiger partial charge in [-0.1, -0.05) is 33.6 Å². The van der Waals surface area contributed by atoms with Gasteiger partial charge in [0.25, 0.3) is 0 Å². The highest BCUT2D eigenvalue weighted by atomic mass is 32.1. The molecule has 1 fully saturated rings. The summed E-state index contributed by atoms with van der Waals surface area (Å²) in [6.45, 7) is 6.88. The molecular weight excluding hydrogens is 230 g/mol. The van der Waals surface area contributed by atoms with E-state index in [9.17, 15) is 0 Å². The van der Waals surface area contributed by atoms with Gasteiger partial charge in [0.15, 0.2) is 0 Å². The molecule has 1 aliphatic carbocycles. The number of anilines is 1. The van der Waals surface area contributed by atoms with Gasteiger partial charge in [-0.3, -0.25) is 0 Å². The summed E-state index contributed by atoms with van der Waals surface area (Å²) in [5, 5.41) is 4.60. The fourth-order valence-corrected chi connectivity index (χ4v) is 3.21. The van der Waals surface area contributed by atoms with Gasteiger partial charge >= 0.3 is 0 Å². The maximum Gasteiger partial charge on any atom is 0.202 e. The van der Waals surface area contributed by atoms with E-state index in [0.717, 1.165) is 23.8 Å². The third kappa shape index (κ3) is 3.18. The second-order valence-electron chi connectivity index (χ2n) is 5.70. The van der Waals surface area contributed by atoms with Crippen LogP contribution in [0.25, 0.3) is 0 Å². The van der Waals surface area contributed by atoms with E-state index in [2.05, 4.69) is 35.4 Å².